The number of hydroxylamine groups is 1. The molecule has 1 N–H and O–H groups in total. The molecule has 0 radical (unpaired) electrons. The van der Waals surface area contributed by atoms with E-state index in [4.69, 9.17) is 27.9 Å². The van der Waals surface area contributed by atoms with Crippen molar-refractivity contribution in [2.75, 3.05) is 13.4 Å². The molecule has 0 aliphatic rings. The standard InChI is InChI=1S/C28H25Cl2F2N3O5S2/c1-28(2,17-5-10-21(29)24(13-17)39-3)25-14-33-27(35(25)19-8-6-18(31)7-9-19)41-15-20-22(30)11-16(12-23(20)32)26(36)34-40-42(4,37)38/h5-14H,15H2,1-4H3,(H,34,36). The Labute approximate surface area is 256 Å². The molecule has 1 aromatic heterocycles. The summed E-state index contributed by atoms with van der Waals surface area (Å²) in [6.45, 7) is 3.99. The zero-order valence-electron chi connectivity index (χ0n) is 22.7. The van der Waals surface area contributed by atoms with Gasteiger partial charge in [0.2, 0.25) is 0 Å². The van der Waals surface area contributed by atoms with E-state index in [-0.39, 0.29) is 21.9 Å². The quantitative estimate of drug-likeness (QED) is 0.150. The molecule has 1 amide bonds. The fraction of sp³-hybridized carbons (Fsp3) is 0.214. The van der Waals surface area contributed by atoms with Crippen molar-refractivity contribution >= 4 is 51.0 Å². The van der Waals surface area contributed by atoms with Crippen molar-refractivity contribution in [1.82, 2.24) is 15.0 Å². The molecule has 8 nitrogen and oxygen atoms in total. The molecule has 1 heterocycles. The molecule has 3 aromatic carbocycles. The van der Waals surface area contributed by atoms with Gasteiger partial charge in [0.05, 0.1) is 30.3 Å². The third-order valence-corrected chi connectivity index (χ3v) is 8.38. The van der Waals surface area contributed by atoms with Crippen molar-refractivity contribution in [2.45, 2.75) is 30.2 Å². The summed E-state index contributed by atoms with van der Waals surface area (Å²) in [6, 6.07) is 13.5. The first kappa shape index (κ1) is 31.8. The van der Waals surface area contributed by atoms with Crippen LogP contribution in [0.2, 0.25) is 10.0 Å². The Morgan fingerprint density at radius 3 is 2.38 bits per heavy atom. The number of carbonyl (C=O) groups is 1. The highest BCUT2D eigenvalue weighted by Crippen LogP contribution is 2.39. The number of thioether (sulfide) groups is 1. The lowest BCUT2D eigenvalue weighted by Gasteiger charge is -2.28. The van der Waals surface area contributed by atoms with Crippen molar-refractivity contribution in [3.8, 4) is 11.4 Å². The van der Waals surface area contributed by atoms with E-state index >= 15 is 4.39 Å². The van der Waals surface area contributed by atoms with E-state index in [0.29, 0.717) is 21.6 Å². The summed E-state index contributed by atoms with van der Waals surface area (Å²) < 4.78 is 62.7. The number of aromatic nitrogens is 2. The lowest BCUT2D eigenvalue weighted by atomic mass is 9.81. The van der Waals surface area contributed by atoms with Crippen LogP contribution in [0.5, 0.6) is 5.75 Å². The van der Waals surface area contributed by atoms with Gasteiger partial charge in [0.15, 0.2) is 5.16 Å². The number of amides is 1. The van der Waals surface area contributed by atoms with E-state index in [1.165, 1.54) is 37.1 Å². The third-order valence-electron chi connectivity index (χ3n) is 6.36. The Kier molecular flexibility index (Phi) is 9.53. The number of halogens is 4. The molecule has 4 rings (SSSR count). The predicted molar refractivity (Wildman–Crippen MR) is 158 cm³/mol. The normalized spacial score (nSPS) is 11.9. The van der Waals surface area contributed by atoms with Crippen LogP contribution in [0.3, 0.4) is 0 Å². The maximum Gasteiger partial charge on any atom is 0.285 e. The lowest BCUT2D eigenvalue weighted by Crippen LogP contribution is -2.26. The number of methoxy groups -OCH3 is 1. The predicted octanol–water partition coefficient (Wildman–Crippen LogP) is 6.71. The van der Waals surface area contributed by atoms with Gasteiger partial charge < -0.3 is 4.74 Å². The van der Waals surface area contributed by atoms with E-state index in [1.807, 2.05) is 30.5 Å². The van der Waals surface area contributed by atoms with E-state index in [0.717, 1.165) is 23.6 Å². The van der Waals surface area contributed by atoms with Crippen LogP contribution in [-0.2, 0) is 25.6 Å². The molecule has 14 heteroatoms. The Morgan fingerprint density at radius 2 is 1.76 bits per heavy atom. The fourth-order valence-corrected chi connectivity index (χ4v) is 5.90. The smallest absolute Gasteiger partial charge is 0.285 e. The minimum absolute atomic E-state index is 0.0270. The molecule has 0 fully saturated rings. The molecular formula is C28H25Cl2F2N3O5S2. The number of hydrogen-bond acceptors (Lipinski definition) is 7. The zero-order valence-corrected chi connectivity index (χ0v) is 25.9. The summed E-state index contributed by atoms with van der Waals surface area (Å²) >= 11 is 13.8. The van der Waals surface area contributed by atoms with Gasteiger partial charge in [-0.3, -0.25) is 9.36 Å². The Bertz CT molecular complexity index is 1720. The van der Waals surface area contributed by atoms with Gasteiger partial charge >= 0.3 is 0 Å². The van der Waals surface area contributed by atoms with Crippen LogP contribution < -0.4 is 10.2 Å². The summed E-state index contributed by atoms with van der Waals surface area (Å²) in [5.41, 5.74) is 3.22. The van der Waals surface area contributed by atoms with Gasteiger partial charge in [-0.1, -0.05) is 54.9 Å². The van der Waals surface area contributed by atoms with Crippen molar-refractivity contribution in [3.63, 3.8) is 0 Å². The van der Waals surface area contributed by atoms with Crippen LogP contribution in [0.1, 0.15) is 41.0 Å². The summed E-state index contributed by atoms with van der Waals surface area (Å²) in [4.78, 5) is 16.8. The molecule has 0 spiro atoms. The van der Waals surface area contributed by atoms with Gasteiger partial charge in [-0.15, -0.1) is 4.28 Å². The molecule has 222 valence electrons. The van der Waals surface area contributed by atoms with E-state index < -0.39 is 33.1 Å². The molecule has 42 heavy (non-hydrogen) atoms. The molecule has 0 saturated heterocycles. The summed E-state index contributed by atoms with van der Waals surface area (Å²) in [5, 5.41) is 0.885. The van der Waals surface area contributed by atoms with Crippen molar-refractivity contribution in [1.29, 1.82) is 0 Å². The number of carbonyl (C=O) groups excluding carboxylic acids is 1. The summed E-state index contributed by atoms with van der Waals surface area (Å²) in [7, 11) is -2.43. The minimum Gasteiger partial charge on any atom is -0.495 e. The van der Waals surface area contributed by atoms with Gasteiger partial charge in [-0.05, 0) is 54.1 Å². The fourth-order valence-electron chi connectivity index (χ4n) is 4.09. The Morgan fingerprint density at radius 1 is 1.07 bits per heavy atom. The van der Waals surface area contributed by atoms with E-state index in [2.05, 4.69) is 9.27 Å². The highest BCUT2D eigenvalue weighted by atomic mass is 35.5. The molecule has 0 atom stereocenters. The van der Waals surface area contributed by atoms with Gasteiger partial charge in [0.1, 0.15) is 17.4 Å². The minimum atomic E-state index is -3.96. The van der Waals surface area contributed by atoms with Crippen LogP contribution in [0, 0.1) is 11.6 Å². The first-order valence-corrected chi connectivity index (χ1v) is 15.7. The Balaban J connectivity index is 1.69. The Hall–Kier alpha value is -3.16. The number of hydrogen-bond donors (Lipinski definition) is 1. The van der Waals surface area contributed by atoms with Crippen LogP contribution in [0.25, 0.3) is 5.69 Å². The summed E-state index contributed by atoms with van der Waals surface area (Å²) in [5.74, 6) is -1.64. The molecule has 0 saturated carbocycles. The third kappa shape index (κ3) is 7.07. The number of rotatable bonds is 10. The number of benzene rings is 3. The van der Waals surface area contributed by atoms with Crippen molar-refractivity contribution in [3.05, 3.63) is 105 Å². The lowest BCUT2D eigenvalue weighted by molar-refractivity contribution is 0.0772. The van der Waals surface area contributed by atoms with E-state index in [1.54, 1.807) is 29.9 Å². The molecule has 0 aliphatic carbocycles. The first-order valence-electron chi connectivity index (χ1n) is 12.2. The number of imidazole rings is 1. The van der Waals surface area contributed by atoms with Crippen LogP contribution in [0.15, 0.2) is 66.0 Å². The maximum absolute atomic E-state index is 15.1. The highest BCUT2D eigenvalue weighted by Gasteiger charge is 2.30. The molecular weight excluding hydrogens is 631 g/mol. The second-order valence-electron chi connectivity index (χ2n) is 9.64. The largest absolute Gasteiger partial charge is 0.495 e. The van der Waals surface area contributed by atoms with E-state index in [9.17, 15) is 17.6 Å². The second kappa shape index (κ2) is 12.6. The SMILES string of the molecule is COc1cc(C(C)(C)c2cnc(SCc3c(F)cc(C(=O)NOS(C)(=O)=O)cc3Cl)n2-c2ccc(F)cc2)ccc1Cl. The maximum atomic E-state index is 15.1. The van der Waals surface area contributed by atoms with Gasteiger partial charge in [0, 0.05) is 33.0 Å². The highest BCUT2D eigenvalue weighted by molar-refractivity contribution is 7.98. The van der Waals surface area contributed by atoms with Crippen LogP contribution in [0.4, 0.5) is 8.78 Å². The van der Waals surface area contributed by atoms with Gasteiger partial charge in [-0.25, -0.2) is 19.2 Å². The number of nitrogens with one attached hydrogen (secondary N) is 1. The average Bonchev–Trinajstić information content (AvgIpc) is 3.36. The number of nitrogens with zero attached hydrogens (tertiary/aromatic N) is 2. The van der Waals surface area contributed by atoms with Crippen molar-refractivity contribution in [2.24, 2.45) is 0 Å². The van der Waals surface area contributed by atoms with Crippen LogP contribution >= 0.6 is 35.0 Å². The monoisotopic (exact) mass is 655 g/mol. The number of ether oxygens (including phenoxy) is 1. The van der Waals surface area contributed by atoms with Gasteiger partial charge in [0.25, 0.3) is 16.0 Å². The average molecular weight is 657 g/mol. The topological polar surface area (TPSA) is 99.5 Å². The zero-order chi connectivity index (χ0) is 30.8. The van der Waals surface area contributed by atoms with Crippen molar-refractivity contribution < 1.29 is 31.0 Å². The first-order chi connectivity index (χ1) is 19.7. The molecule has 0 aliphatic heterocycles. The van der Waals surface area contributed by atoms with Gasteiger partial charge in [-0.2, -0.15) is 8.42 Å². The molecule has 0 bridgehead atoms. The molecule has 0 unspecified atom stereocenters. The second-order valence-corrected chi connectivity index (χ2v) is 13.0. The molecule has 4 aromatic rings. The summed E-state index contributed by atoms with van der Waals surface area (Å²) in [6.07, 6.45) is 2.44. The van der Waals surface area contributed by atoms with Crippen LogP contribution in [-0.4, -0.2) is 37.2 Å².